The van der Waals surface area contributed by atoms with Crippen molar-refractivity contribution < 1.29 is 9.53 Å². The van der Waals surface area contributed by atoms with Crippen molar-refractivity contribution >= 4 is 44.8 Å². The number of carbonyl (C=O) groups excluding carboxylic acids is 1. The molecule has 0 radical (unpaired) electrons. The van der Waals surface area contributed by atoms with Crippen molar-refractivity contribution in [2.24, 2.45) is 0 Å². The van der Waals surface area contributed by atoms with Crippen LogP contribution in [0.2, 0.25) is 5.02 Å². The maximum Gasteiger partial charge on any atom is 0.274 e. The molecule has 1 amide bonds. The summed E-state index contributed by atoms with van der Waals surface area (Å²) in [6.07, 6.45) is 2.51. The van der Waals surface area contributed by atoms with Crippen LogP contribution in [0.25, 0.3) is 5.65 Å². The monoisotopic (exact) mass is 421 g/mol. The normalized spacial score (nSPS) is 10.9. The molecule has 0 atom stereocenters. The summed E-state index contributed by atoms with van der Waals surface area (Å²) in [5, 5.41) is 3.32. The van der Waals surface area contributed by atoms with Crippen LogP contribution in [0.15, 0.2) is 34.9 Å². The molecule has 7 heteroatoms. The SMILES string of the molecule is CCc1nc2c(C)cc(Br)cn2c1C(=O)Nc1ccc(OC)c(Cl)c1. The van der Waals surface area contributed by atoms with Crippen LogP contribution in [-0.4, -0.2) is 22.4 Å². The number of halogens is 2. The molecule has 0 aliphatic heterocycles. The number of hydrogen-bond acceptors (Lipinski definition) is 3. The van der Waals surface area contributed by atoms with Gasteiger partial charge in [-0.2, -0.15) is 0 Å². The van der Waals surface area contributed by atoms with Gasteiger partial charge in [-0.1, -0.05) is 18.5 Å². The standard InChI is InChI=1S/C18H17BrClN3O2/c1-4-14-16(23-9-11(19)7-10(2)17(23)22-14)18(24)21-12-5-6-15(25-3)13(20)8-12/h5-9H,4H2,1-3H3,(H,21,24). The van der Waals surface area contributed by atoms with Crippen LogP contribution in [0, 0.1) is 6.92 Å². The maximum atomic E-state index is 12.9. The molecule has 2 aromatic heterocycles. The van der Waals surface area contributed by atoms with Crippen molar-refractivity contribution in [3.63, 3.8) is 0 Å². The Hall–Kier alpha value is -2.05. The molecule has 130 valence electrons. The van der Waals surface area contributed by atoms with E-state index in [1.807, 2.05) is 30.5 Å². The first-order chi connectivity index (χ1) is 11.9. The van der Waals surface area contributed by atoms with Gasteiger partial charge >= 0.3 is 0 Å². The lowest BCUT2D eigenvalue weighted by Gasteiger charge is -2.09. The van der Waals surface area contributed by atoms with E-state index < -0.39 is 0 Å². The Morgan fingerprint density at radius 2 is 2.16 bits per heavy atom. The second-order valence-corrected chi connectivity index (χ2v) is 6.92. The van der Waals surface area contributed by atoms with Gasteiger partial charge in [0.2, 0.25) is 0 Å². The Morgan fingerprint density at radius 1 is 1.40 bits per heavy atom. The van der Waals surface area contributed by atoms with Crippen molar-refractivity contribution in [3.8, 4) is 5.75 Å². The molecule has 3 rings (SSSR count). The predicted octanol–water partition coefficient (Wildman–Crippen LogP) is 4.88. The topological polar surface area (TPSA) is 55.6 Å². The average molecular weight is 423 g/mol. The molecule has 0 bridgehead atoms. The number of nitrogens with one attached hydrogen (secondary N) is 1. The Labute approximate surface area is 159 Å². The van der Waals surface area contributed by atoms with Crippen molar-refractivity contribution in [1.82, 2.24) is 9.38 Å². The van der Waals surface area contributed by atoms with Gasteiger partial charge in [0.1, 0.15) is 17.1 Å². The molecule has 0 unspecified atom stereocenters. The molecular weight excluding hydrogens is 406 g/mol. The van der Waals surface area contributed by atoms with Crippen LogP contribution in [0.5, 0.6) is 5.75 Å². The van der Waals surface area contributed by atoms with Crippen molar-refractivity contribution in [3.05, 3.63) is 56.9 Å². The molecule has 3 aromatic rings. The number of anilines is 1. The molecular formula is C18H17BrClN3O2. The van der Waals surface area contributed by atoms with Gasteiger partial charge in [-0.25, -0.2) is 4.98 Å². The van der Waals surface area contributed by atoms with E-state index in [4.69, 9.17) is 16.3 Å². The number of aromatic nitrogens is 2. The molecule has 25 heavy (non-hydrogen) atoms. The smallest absolute Gasteiger partial charge is 0.274 e. The fourth-order valence-corrected chi connectivity index (χ4v) is 3.54. The van der Waals surface area contributed by atoms with Gasteiger partial charge < -0.3 is 10.1 Å². The number of aryl methyl sites for hydroxylation is 2. The molecule has 5 nitrogen and oxygen atoms in total. The van der Waals surface area contributed by atoms with Crippen LogP contribution < -0.4 is 10.1 Å². The average Bonchev–Trinajstić information content (AvgIpc) is 2.94. The number of pyridine rings is 1. The highest BCUT2D eigenvalue weighted by Gasteiger charge is 2.20. The molecule has 1 N–H and O–H groups in total. The highest BCUT2D eigenvalue weighted by atomic mass is 79.9. The van der Waals surface area contributed by atoms with Gasteiger partial charge in [0.25, 0.3) is 5.91 Å². The molecule has 0 fully saturated rings. The summed E-state index contributed by atoms with van der Waals surface area (Å²) in [7, 11) is 1.55. The molecule has 0 aliphatic rings. The lowest BCUT2D eigenvalue weighted by Crippen LogP contribution is -2.16. The number of hydrogen-bond donors (Lipinski definition) is 1. The van der Waals surface area contributed by atoms with E-state index in [1.54, 1.807) is 25.3 Å². The van der Waals surface area contributed by atoms with Crippen LogP contribution in [0.1, 0.15) is 28.7 Å². The van der Waals surface area contributed by atoms with Crippen molar-refractivity contribution in [2.75, 3.05) is 12.4 Å². The van der Waals surface area contributed by atoms with E-state index in [2.05, 4.69) is 26.2 Å². The molecule has 0 saturated heterocycles. The van der Waals surface area contributed by atoms with Gasteiger partial charge in [0.15, 0.2) is 0 Å². The summed E-state index contributed by atoms with van der Waals surface area (Å²) >= 11 is 9.61. The van der Waals surface area contributed by atoms with Crippen LogP contribution in [0.3, 0.4) is 0 Å². The summed E-state index contributed by atoms with van der Waals surface area (Å²) in [6.45, 7) is 3.95. The Kier molecular flexibility index (Phi) is 5.01. The minimum absolute atomic E-state index is 0.233. The Morgan fingerprint density at radius 3 is 2.80 bits per heavy atom. The first-order valence-corrected chi connectivity index (χ1v) is 8.93. The quantitative estimate of drug-likeness (QED) is 0.652. The summed E-state index contributed by atoms with van der Waals surface area (Å²) in [5.74, 6) is 0.325. The molecule has 0 saturated carbocycles. The number of nitrogens with zero attached hydrogens (tertiary/aromatic N) is 2. The van der Waals surface area contributed by atoms with Crippen LogP contribution in [0.4, 0.5) is 5.69 Å². The van der Waals surface area contributed by atoms with Crippen molar-refractivity contribution in [1.29, 1.82) is 0 Å². The molecule has 1 aromatic carbocycles. The van der Waals surface area contributed by atoms with E-state index in [0.29, 0.717) is 28.6 Å². The lowest BCUT2D eigenvalue weighted by molar-refractivity contribution is 0.102. The summed E-state index contributed by atoms with van der Waals surface area (Å²) in [6, 6.07) is 7.10. The second-order valence-electron chi connectivity index (χ2n) is 5.60. The number of fused-ring (bicyclic) bond motifs is 1. The van der Waals surface area contributed by atoms with E-state index in [0.717, 1.165) is 21.4 Å². The minimum atomic E-state index is -0.233. The Bertz CT molecular complexity index is 969. The third kappa shape index (κ3) is 3.37. The predicted molar refractivity (Wildman–Crippen MR) is 103 cm³/mol. The third-order valence-electron chi connectivity index (χ3n) is 3.90. The molecule has 0 aliphatic carbocycles. The Balaban J connectivity index is 2.03. The number of benzene rings is 1. The minimum Gasteiger partial charge on any atom is -0.495 e. The van der Waals surface area contributed by atoms with Gasteiger partial charge in [-0.05, 0) is 59.1 Å². The van der Waals surface area contributed by atoms with Crippen molar-refractivity contribution in [2.45, 2.75) is 20.3 Å². The lowest BCUT2D eigenvalue weighted by atomic mass is 10.2. The van der Waals surface area contributed by atoms with E-state index in [-0.39, 0.29) is 5.91 Å². The van der Waals surface area contributed by atoms with Gasteiger partial charge in [-0.15, -0.1) is 0 Å². The number of imidazole rings is 1. The second kappa shape index (κ2) is 7.06. The number of carbonyl (C=O) groups is 1. The fourth-order valence-electron chi connectivity index (χ4n) is 2.74. The van der Waals surface area contributed by atoms with Gasteiger partial charge in [0.05, 0.1) is 17.8 Å². The molecule has 0 spiro atoms. The van der Waals surface area contributed by atoms with E-state index >= 15 is 0 Å². The van der Waals surface area contributed by atoms with Gasteiger partial charge in [0, 0.05) is 16.4 Å². The third-order valence-corrected chi connectivity index (χ3v) is 4.63. The summed E-state index contributed by atoms with van der Waals surface area (Å²) < 4.78 is 7.84. The number of ether oxygens (including phenoxy) is 1. The van der Waals surface area contributed by atoms with Crippen LogP contribution >= 0.6 is 27.5 Å². The van der Waals surface area contributed by atoms with Crippen LogP contribution in [-0.2, 0) is 6.42 Å². The maximum absolute atomic E-state index is 12.9. The molecule has 2 heterocycles. The fraction of sp³-hybridized carbons (Fsp3) is 0.222. The number of amides is 1. The van der Waals surface area contributed by atoms with E-state index in [1.165, 1.54) is 0 Å². The number of rotatable bonds is 4. The first-order valence-electron chi connectivity index (χ1n) is 7.76. The number of methoxy groups -OCH3 is 1. The largest absolute Gasteiger partial charge is 0.495 e. The highest BCUT2D eigenvalue weighted by Crippen LogP contribution is 2.28. The zero-order valence-corrected chi connectivity index (χ0v) is 16.4. The van der Waals surface area contributed by atoms with Gasteiger partial charge in [-0.3, -0.25) is 9.20 Å². The zero-order valence-electron chi connectivity index (χ0n) is 14.1. The summed E-state index contributed by atoms with van der Waals surface area (Å²) in [5.41, 5.74) is 3.64. The highest BCUT2D eigenvalue weighted by molar-refractivity contribution is 9.10. The van der Waals surface area contributed by atoms with E-state index in [9.17, 15) is 4.79 Å². The summed E-state index contributed by atoms with van der Waals surface area (Å²) in [4.78, 5) is 17.5. The first kappa shape index (κ1) is 17.8. The zero-order chi connectivity index (χ0) is 18.1.